The number of ether oxygens (including phenoxy) is 2. The number of aryl methyl sites for hydroxylation is 1. The highest BCUT2D eigenvalue weighted by molar-refractivity contribution is 7.89. The van der Waals surface area contributed by atoms with E-state index in [1.54, 1.807) is 20.1 Å². The van der Waals surface area contributed by atoms with E-state index in [-0.39, 0.29) is 0 Å². The van der Waals surface area contributed by atoms with Crippen LogP contribution in [0.15, 0.2) is 11.0 Å². The zero-order valence-corrected chi connectivity index (χ0v) is 13.5. The van der Waals surface area contributed by atoms with E-state index in [9.17, 15) is 8.42 Å². The van der Waals surface area contributed by atoms with Crippen LogP contribution in [0.5, 0.6) is 0 Å². The van der Waals surface area contributed by atoms with E-state index in [0.717, 1.165) is 9.75 Å². The van der Waals surface area contributed by atoms with Crippen molar-refractivity contribution in [2.24, 2.45) is 5.73 Å². The first-order valence-electron chi connectivity index (χ1n) is 6.37. The normalized spacial score (nSPS) is 11.9. The van der Waals surface area contributed by atoms with Crippen molar-refractivity contribution >= 4 is 21.4 Å². The zero-order valence-electron chi connectivity index (χ0n) is 11.8. The van der Waals surface area contributed by atoms with Gasteiger partial charge in [0.25, 0.3) is 0 Å². The first kappa shape index (κ1) is 17.5. The molecular weight excluding hydrogens is 300 g/mol. The summed E-state index contributed by atoms with van der Waals surface area (Å²) in [6.07, 6.45) is 0.621. The molecule has 1 rings (SSSR count). The Morgan fingerprint density at radius 2 is 2.10 bits per heavy atom. The Balaban J connectivity index is 2.40. The molecule has 0 aromatic carbocycles. The Bertz CT molecular complexity index is 500. The second-order valence-electron chi connectivity index (χ2n) is 4.19. The quantitative estimate of drug-likeness (QED) is 0.623. The van der Waals surface area contributed by atoms with Gasteiger partial charge in [0.15, 0.2) is 0 Å². The largest absolute Gasteiger partial charge is 0.382 e. The third-order valence-electron chi connectivity index (χ3n) is 2.60. The third kappa shape index (κ3) is 5.47. The fourth-order valence-corrected chi connectivity index (χ4v) is 4.18. The Hall–Kier alpha value is -0.510. The van der Waals surface area contributed by atoms with Gasteiger partial charge >= 0.3 is 0 Å². The number of rotatable bonds is 10. The molecule has 0 spiro atoms. The molecule has 0 bridgehead atoms. The molecule has 0 aliphatic rings. The molecule has 116 valence electrons. The number of nitrogens with one attached hydrogen (secondary N) is 1. The molecule has 1 heterocycles. The molecule has 0 fully saturated rings. The molecule has 0 aliphatic heterocycles. The molecule has 0 unspecified atom stereocenters. The van der Waals surface area contributed by atoms with E-state index in [0.29, 0.717) is 44.2 Å². The lowest BCUT2D eigenvalue weighted by Gasteiger charge is -2.06. The van der Waals surface area contributed by atoms with Gasteiger partial charge in [-0.2, -0.15) is 0 Å². The lowest BCUT2D eigenvalue weighted by Crippen LogP contribution is -2.25. The maximum Gasteiger partial charge on any atom is 0.241 e. The molecule has 1 aromatic heterocycles. The van der Waals surface area contributed by atoms with Crippen molar-refractivity contribution in [3.8, 4) is 0 Å². The lowest BCUT2D eigenvalue weighted by atomic mass is 10.4. The minimum atomic E-state index is -3.45. The standard InChI is InChI=1S/C12H22N2O4S2/c1-10-12(8-11(9-13)19-10)20(15,16)14-4-3-5-18-7-6-17-2/h8,14H,3-7,9,13H2,1-2H3. The van der Waals surface area contributed by atoms with Crippen LogP contribution in [-0.2, 0) is 26.0 Å². The van der Waals surface area contributed by atoms with Crippen LogP contribution >= 0.6 is 11.3 Å². The minimum Gasteiger partial charge on any atom is -0.382 e. The van der Waals surface area contributed by atoms with Crippen LogP contribution < -0.4 is 10.5 Å². The molecule has 0 amide bonds. The van der Waals surface area contributed by atoms with Crippen molar-refractivity contribution in [1.29, 1.82) is 0 Å². The van der Waals surface area contributed by atoms with Gasteiger partial charge in [0.2, 0.25) is 10.0 Å². The van der Waals surface area contributed by atoms with E-state index in [1.165, 1.54) is 11.3 Å². The summed E-state index contributed by atoms with van der Waals surface area (Å²) in [5.41, 5.74) is 5.52. The van der Waals surface area contributed by atoms with Gasteiger partial charge in [0.05, 0.1) is 18.1 Å². The van der Waals surface area contributed by atoms with E-state index >= 15 is 0 Å². The Morgan fingerprint density at radius 3 is 2.70 bits per heavy atom. The SMILES string of the molecule is COCCOCCCNS(=O)(=O)c1cc(CN)sc1C. The van der Waals surface area contributed by atoms with Gasteiger partial charge in [-0.25, -0.2) is 13.1 Å². The van der Waals surface area contributed by atoms with Crippen LogP contribution in [0.1, 0.15) is 16.2 Å². The highest BCUT2D eigenvalue weighted by atomic mass is 32.2. The molecule has 1 aromatic rings. The van der Waals surface area contributed by atoms with E-state index in [2.05, 4.69) is 4.72 Å². The summed E-state index contributed by atoms with van der Waals surface area (Å²) in [5, 5.41) is 0. The fraction of sp³-hybridized carbons (Fsp3) is 0.667. The summed E-state index contributed by atoms with van der Waals surface area (Å²) in [4.78, 5) is 1.95. The first-order valence-corrected chi connectivity index (χ1v) is 8.67. The molecule has 0 saturated heterocycles. The van der Waals surface area contributed by atoms with Crippen molar-refractivity contribution < 1.29 is 17.9 Å². The second-order valence-corrected chi connectivity index (χ2v) is 7.27. The van der Waals surface area contributed by atoms with Gasteiger partial charge in [0, 0.05) is 36.6 Å². The second kappa shape index (κ2) is 8.71. The summed E-state index contributed by atoms with van der Waals surface area (Å²) in [7, 11) is -1.85. The van der Waals surface area contributed by atoms with Crippen molar-refractivity contribution in [3.63, 3.8) is 0 Å². The van der Waals surface area contributed by atoms with Crippen LogP contribution in [0, 0.1) is 6.92 Å². The molecule has 20 heavy (non-hydrogen) atoms. The molecule has 8 heteroatoms. The maximum atomic E-state index is 12.1. The van der Waals surface area contributed by atoms with Crippen molar-refractivity contribution in [1.82, 2.24) is 4.72 Å². The average Bonchev–Trinajstić information content (AvgIpc) is 2.80. The van der Waals surface area contributed by atoms with Crippen LogP contribution in [0.25, 0.3) is 0 Å². The molecular formula is C12H22N2O4S2. The monoisotopic (exact) mass is 322 g/mol. The smallest absolute Gasteiger partial charge is 0.241 e. The molecule has 0 radical (unpaired) electrons. The number of methoxy groups -OCH3 is 1. The van der Waals surface area contributed by atoms with Gasteiger partial charge < -0.3 is 15.2 Å². The number of sulfonamides is 1. The van der Waals surface area contributed by atoms with Crippen LogP contribution in [-0.4, -0.2) is 41.9 Å². The zero-order chi connectivity index (χ0) is 15.0. The average molecular weight is 322 g/mol. The van der Waals surface area contributed by atoms with E-state index < -0.39 is 10.0 Å². The Labute approximate surface area is 124 Å². The Morgan fingerprint density at radius 1 is 1.35 bits per heavy atom. The van der Waals surface area contributed by atoms with Gasteiger partial charge in [-0.3, -0.25) is 0 Å². The maximum absolute atomic E-state index is 12.1. The summed E-state index contributed by atoms with van der Waals surface area (Å²) in [5.74, 6) is 0. The van der Waals surface area contributed by atoms with Crippen LogP contribution in [0.2, 0.25) is 0 Å². The molecule has 0 atom stereocenters. The minimum absolute atomic E-state index is 0.322. The van der Waals surface area contributed by atoms with Crippen LogP contribution in [0.4, 0.5) is 0 Å². The molecule has 6 nitrogen and oxygen atoms in total. The Kier molecular flexibility index (Phi) is 7.63. The number of thiophene rings is 1. The molecule has 3 N–H and O–H groups in total. The lowest BCUT2D eigenvalue weighted by molar-refractivity contribution is 0.0699. The fourth-order valence-electron chi connectivity index (χ4n) is 1.59. The number of hydrogen-bond acceptors (Lipinski definition) is 6. The van der Waals surface area contributed by atoms with Gasteiger partial charge in [-0.05, 0) is 19.4 Å². The summed E-state index contributed by atoms with van der Waals surface area (Å²) in [6, 6.07) is 1.64. The summed E-state index contributed by atoms with van der Waals surface area (Å²) in [6.45, 7) is 4.06. The topological polar surface area (TPSA) is 90.6 Å². The summed E-state index contributed by atoms with van der Waals surface area (Å²) >= 11 is 1.41. The van der Waals surface area contributed by atoms with Gasteiger partial charge in [-0.15, -0.1) is 11.3 Å². The van der Waals surface area contributed by atoms with Crippen molar-refractivity contribution in [3.05, 3.63) is 15.8 Å². The van der Waals surface area contributed by atoms with Crippen LogP contribution in [0.3, 0.4) is 0 Å². The van der Waals surface area contributed by atoms with Crippen molar-refractivity contribution in [2.45, 2.75) is 24.8 Å². The highest BCUT2D eigenvalue weighted by Gasteiger charge is 2.18. The highest BCUT2D eigenvalue weighted by Crippen LogP contribution is 2.25. The first-order chi connectivity index (χ1) is 9.51. The van der Waals surface area contributed by atoms with Crippen molar-refractivity contribution in [2.75, 3.05) is 33.5 Å². The summed E-state index contributed by atoms with van der Waals surface area (Å²) < 4.78 is 36.9. The third-order valence-corrected chi connectivity index (χ3v) is 5.39. The molecule has 0 saturated carbocycles. The van der Waals surface area contributed by atoms with Gasteiger partial charge in [-0.1, -0.05) is 0 Å². The van der Waals surface area contributed by atoms with Gasteiger partial charge in [0.1, 0.15) is 0 Å². The molecule has 0 aliphatic carbocycles. The van der Waals surface area contributed by atoms with E-state index in [4.69, 9.17) is 15.2 Å². The predicted molar refractivity (Wildman–Crippen MR) is 79.4 cm³/mol. The van der Waals surface area contributed by atoms with E-state index in [1.807, 2.05) is 0 Å². The number of hydrogen-bond donors (Lipinski definition) is 2. The number of nitrogens with two attached hydrogens (primary N) is 1. The predicted octanol–water partition coefficient (Wildman–Crippen LogP) is 0.847.